The van der Waals surface area contributed by atoms with E-state index in [-0.39, 0.29) is 23.3 Å². The Morgan fingerprint density at radius 3 is 2.24 bits per heavy atom. The van der Waals surface area contributed by atoms with Crippen molar-refractivity contribution in [2.24, 2.45) is 0 Å². The van der Waals surface area contributed by atoms with Gasteiger partial charge in [-0.05, 0) is 31.5 Å². The number of para-hydroxylation sites is 1. The summed E-state index contributed by atoms with van der Waals surface area (Å²) in [6.45, 7) is 7.33. The number of anilines is 1. The lowest BCUT2D eigenvalue weighted by Gasteiger charge is -2.35. The van der Waals surface area contributed by atoms with Gasteiger partial charge in [0.05, 0.1) is 0 Å². The molecule has 0 spiro atoms. The largest absolute Gasteiger partial charge is 0.374 e. The number of amides is 2. The molecule has 5 nitrogen and oxygen atoms in total. The highest BCUT2D eigenvalue weighted by atomic mass is 16.2. The highest BCUT2D eigenvalue weighted by Crippen LogP contribution is 2.32. The molecule has 0 aromatic heterocycles. The summed E-state index contributed by atoms with van der Waals surface area (Å²) < 4.78 is 0. The van der Waals surface area contributed by atoms with Gasteiger partial charge in [0.2, 0.25) is 11.8 Å². The van der Waals surface area contributed by atoms with Crippen molar-refractivity contribution in [3.63, 3.8) is 0 Å². The third-order valence-electron chi connectivity index (χ3n) is 5.68. The van der Waals surface area contributed by atoms with E-state index in [2.05, 4.69) is 29.2 Å². The minimum atomic E-state index is -0.329. The molecule has 0 aliphatic carbocycles. The molecule has 0 N–H and O–H groups in total. The molecule has 5 heteroatoms. The molecule has 0 radical (unpaired) electrons. The lowest BCUT2D eigenvalue weighted by atomic mass is 9.94. The zero-order chi connectivity index (χ0) is 21.0. The van der Waals surface area contributed by atoms with E-state index < -0.39 is 0 Å². The van der Waals surface area contributed by atoms with Gasteiger partial charge >= 0.3 is 0 Å². The van der Waals surface area contributed by atoms with Crippen molar-refractivity contribution in [3.8, 4) is 0 Å². The second-order valence-corrected chi connectivity index (χ2v) is 8.33. The number of rotatable bonds is 7. The summed E-state index contributed by atoms with van der Waals surface area (Å²) >= 11 is 0. The highest BCUT2D eigenvalue weighted by Gasteiger charge is 2.45. The number of imide groups is 1. The van der Waals surface area contributed by atoms with Gasteiger partial charge in [0, 0.05) is 50.1 Å². The number of likely N-dealkylation sites (N-methyl/N-ethyl adjacent to an activating group) is 1. The van der Waals surface area contributed by atoms with Crippen LogP contribution in [0.4, 0.5) is 5.69 Å². The van der Waals surface area contributed by atoms with E-state index in [1.807, 2.05) is 69.2 Å². The number of carbonyl (C=O) groups is 2. The maximum atomic E-state index is 13.3. The summed E-state index contributed by atoms with van der Waals surface area (Å²) in [4.78, 5) is 28.0. The first-order valence-corrected chi connectivity index (χ1v) is 10.3. The van der Waals surface area contributed by atoms with Crippen LogP contribution in [0.15, 0.2) is 60.7 Å². The maximum Gasteiger partial charge on any atom is 0.245 e. The Labute approximate surface area is 173 Å². The molecule has 0 unspecified atom stereocenters. The van der Waals surface area contributed by atoms with E-state index in [9.17, 15) is 9.59 Å². The monoisotopic (exact) mass is 393 g/mol. The number of carbonyl (C=O) groups excluding carboxylic acids is 2. The van der Waals surface area contributed by atoms with E-state index in [0.29, 0.717) is 25.9 Å². The molecule has 1 atom stereocenters. The van der Waals surface area contributed by atoms with Crippen molar-refractivity contribution in [3.05, 3.63) is 66.2 Å². The molecule has 0 saturated carbocycles. The molecule has 1 aliphatic rings. The average molecular weight is 394 g/mol. The maximum absolute atomic E-state index is 13.3. The van der Waals surface area contributed by atoms with Crippen LogP contribution in [0.3, 0.4) is 0 Å². The predicted molar refractivity (Wildman–Crippen MR) is 116 cm³/mol. The lowest BCUT2D eigenvalue weighted by molar-refractivity contribution is -0.159. The van der Waals surface area contributed by atoms with Gasteiger partial charge in [0.1, 0.15) is 0 Å². The van der Waals surface area contributed by atoms with Crippen molar-refractivity contribution >= 4 is 17.5 Å². The Hall–Kier alpha value is -2.66. The Balaban J connectivity index is 1.82. The van der Waals surface area contributed by atoms with Gasteiger partial charge in [0.15, 0.2) is 0 Å². The van der Waals surface area contributed by atoms with Crippen molar-refractivity contribution < 1.29 is 9.59 Å². The third kappa shape index (κ3) is 4.67. The second-order valence-electron chi connectivity index (χ2n) is 8.33. The first-order chi connectivity index (χ1) is 13.8. The number of nitrogens with zero attached hydrogens (tertiary/aromatic N) is 3. The Kier molecular flexibility index (Phi) is 6.38. The Morgan fingerprint density at radius 1 is 1.07 bits per heavy atom. The smallest absolute Gasteiger partial charge is 0.245 e. The molecule has 0 bridgehead atoms. The molecule has 154 valence electrons. The summed E-state index contributed by atoms with van der Waals surface area (Å²) in [5.41, 5.74) is 1.89. The summed E-state index contributed by atoms with van der Waals surface area (Å²) in [7, 11) is 2.04. The lowest BCUT2D eigenvalue weighted by Crippen LogP contribution is -2.50. The first kappa shape index (κ1) is 21.1. The van der Waals surface area contributed by atoms with Crippen LogP contribution in [0, 0.1) is 0 Å². The van der Waals surface area contributed by atoms with Gasteiger partial charge in [-0.15, -0.1) is 0 Å². The van der Waals surface area contributed by atoms with Crippen molar-refractivity contribution in [1.82, 2.24) is 10.0 Å². The normalized spacial score (nSPS) is 17.4. The fourth-order valence-corrected chi connectivity index (χ4v) is 4.21. The highest BCUT2D eigenvalue weighted by molar-refractivity contribution is 5.97. The third-order valence-corrected chi connectivity index (χ3v) is 5.68. The number of hydrogen-bond donors (Lipinski definition) is 0. The second kappa shape index (κ2) is 8.78. The molecule has 1 heterocycles. The number of benzene rings is 2. The number of hydrogen-bond acceptors (Lipinski definition) is 4. The van der Waals surface area contributed by atoms with Gasteiger partial charge in [-0.3, -0.25) is 9.59 Å². The van der Waals surface area contributed by atoms with Crippen LogP contribution < -0.4 is 4.90 Å². The van der Waals surface area contributed by atoms with Crippen LogP contribution in [0.5, 0.6) is 0 Å². The zero-order valence-electron chi connectivity index (χ0n) is 17.8. The van der Waals surface area contributed by atoms with E-state index in [1.54, 1.807) is 0 Å². The molecule has 2 amide bonds. The minimum absolute atomic E-state index is 0.0101. The standard InChI is InChI=1S/C24H31N3O2/c1-5-26-24(2,3)17-23(29)27(26)22(28)16-20(19-12-8-6-9-13-19)18-25(4)21-14-10-7-11-15-21/h6-15,20H,5,16-18H2,1-4H3/t20-/m0/s1. The van der Waals surface area contributed by atoms with Gasteiger partial charge in [-0.25, -0.2) is 10.0 Å². The van der Waals surface area contributed by atoms with Crippen molar-refractivity contribution in [2.75, 3.05) is 25.0 Å². The molecule has 1 saturated heterocycles. The molecular formula is C24H31N3O2. The van der Waals surface area contributed by atoms with Crippen LogP contribution in [0.1, 0.15) is 45.1 Å². The van der Waals surface area contributed by atoms with Gasteiger partial charge in [-0.1, -0.05) is 55.5 Å². The van der Waals surface area contributed by atoms with Crippen LogP contribution in [0.25, 0.3) is 0 Å². The average Bonchev–Trinajstić information content (AvgIpc) is 2.96. The first-order valence-electron chi connectivity index (χ1n) is 10.3. The molecule has 2 aromatic carbocycles. The Morgan fingerprint density at radius 2 is 1.66 bits per heavy atom. The van der Waals surface area contributed by atoms with Crippen LogP contribution in [0.2, 0.25) is 0 Å². The van der Waals surface area contributed by atoms with Crippen molar-refractivity contribution in [1.29, 1.82) is 0 Å². The van der Waals surface area contributed by atoms with Crippen LogP contribution in [-0.2, 0) is 9.59 Å². The van der Waals surface area contributed by atoms with Gasteiger partial charge in [0.25, 0.3) is 0 Å². The van der Waals surface area contributed by atoms with Gasteiger partial charge in [-0.2, -0.15) is 0 Å². The summed E-state index contributed by atoms with van der Waals surface area (Å²) in [5.74, 6) is -0.244. The van der Waals surface area contributed by atoms with Crippen LogP contribution >= 0.6 is 0 Å². The SMILES string of the molecule is CCN1N(C(=O)C[C@@H](CN(C)c2ccccc2)c2ccccc2)C(=O)CC1(C)C. The molecule has 1 aliphatic heterocycles. The van der Waals surface area contributed by atoms with E-state index in [4.69, 9.17) is 0 Å². The fourth-order valence-electron chi connectivity index (χ4n) is 4.21. The number of hydrazine groups is 1. The topological polar surface area (TPSA) is 43.9 Å². The molecule has 1 fully saturated rings. The molecular weight excluding hydrogens is 362 g/mol. The minimum Gasteiger partial charge on any atom is -0.374 e. The fraction of sp³-hybridized carbons (Fsp3) is 0.417. The van der Waals surface area contributed by atoms with Crippen LogP contribution in [-0.4, -0.2) is 47.5 Å². The van der Waals surface area contributed by atoms with E-state index in [0.717, 1.165) is 11.3 Å². The molecule has 29 heavy (non-hydrogen) atoms. The summed E-state index contributed by atoms with van der Waals surface area (Å²) in [6.07, 6.45) is 0.659. The van der Waals surface area contributed by atoms with E-state index >= 15 is 0 Å². The summed E-state index contributed by atoms with van der Waals surface area (Å²) in [5, 5.41) is 3.29. The molecule has 3 rings (SSSR count). The summed E-state index contributed by atoms with van der Waals surface area (Å²) in [6, 6.07) is 20.2. The van der Waals surface area contributed by atoms with E-state index in [1.165, 1.54) is 5.01 Å². The predicted octanol–water partition coefficient (Wildman–Crippen LogP) is 4.07. The van der Waals surface area contributed by atoms with Gasteiger partial charge < -0.3 is 4.90 Å². The van der Waals surface area contributed by atoms with Crippen molar-refractivity contribution in [2.45, 2.75) is 45.1 Å². The molecule has 2 aromatic rings. The quantitative estimate of drug-likeness (QED) is 0.711. The Bertz CT molecular complexity index is 836. The zero-order valence-corrected chi connectivity index (χ0v) is 17.8.